The third-order valence-corrected chi connectivity index (χ3v) is 5.32. The van der Waals surface area contributed by atoms with Crippen LogP contribution in [0.1, 0.15) is 39.0 Å². The molecule has 0 radical (unpaired) electrons. The van der Waals surface area contributed by atoms with Crippen LogP contribution >= 0.6 is 11.8 Å². The van der Waals surface area contributed by atoms with Crippen molar-refractivity contribution in [2.75, 3.05) is 6.54 Å². The second kappa shape index (κ2) is 4.41. The average Bonchev–Trinajstić information content (AvgIpc) is 2.16. The Morgan fingerprint density at radius 2 is 1.81 bits per heavy atom. The van der Waals surface area contributed by atoms with E-state index in [2.05, 4.69) is 12.2 Å². The Kier molecular flexibility index (Phi) is 3.46. The fourth-order valence-electron chi connectivity index (χ4n) is 2.70. The first-order valence-corrected chi connectivity index (χ1v) is 6.79. The lowest BCUT2D eigenvalue weighted by atomic mass is 9.85. The summed E-state index contributed by atoms with van der Waals surface area (Å²) >= 11 is 1.84. The van der Waals surface area contributed by atoms with Crippen molar-refractivity contribution < 1.29 is 13.2 Å². The third-order valence-electron chi connectivity index (χ3n) is 3.68. The van der Waals surface area contributed by atoms with Crippen molar-refractivity contribution in [2.24, 2.45) is 5.92 Å². The molecule has 0 amide bonds. The fraction of sp³-hybridized carbons (Fsp3) is 1.00. The van der Waals surface area contributed by atoms with Crippen molar-refractivity contribution in [1.29, 1.82) is 0 Å². The van der Waals surface area contributed by atoms with Crippen LogP contribution in [0, 0.1) is 5.92 Å². The molecule has 1 saturated heterocycles. The molecular formula is C11H18F3NS. The number of rotatable bonds is 0. The molecule has 0 aromatic rings. The van der Waals surface area contributed by atoms with E-state index in [4.69, 9.17) is 0 Å². The minimum Gasteiger partial charge on any atom is -0.303 e. The third kappa shape index (κ3) is 2.67. The molecule has 2 rings (SSSR count). The lowest BCUT2D eigenvalue weighted by Gasteiger charge is -2.45. The number of alkyl halides is 3. The first-order valence-electron chi connectivity index (χ1n) is 5.91. The first-order chi connectivity index (χ1) is 7.41. The van der Waals surface area contributed by atoms with E-state index in [0.717, 1.165) is 13.0 Å². The van der Waals surface area contributed by atoms with Crippen LogP contribution in [-0.2, 0) is 0 Å². The van der Waals surface area contributed by atoms with E-state index >= 15 is 0 Å². The average molecular weight is 253 g/mol. The van der Waals surface area contributed by atoms with Gasteiger partial charge in [-0.3, -0.25) is 0 Å². The fourth-order valence-corrected chi connectivity index (χ4v) is 4.36. The van der Waals surface area contributed by atoms with Gasteiger partial charge in [-0.25, -0.2) is 0 Å². The van der Waals surface area contributed by atoms with Gasteiger partial charge in [0.15, 0.2) is 0 Å². The maximum absolute atomic E-state index is 12.5. The van der Waals surface area contributed by atoms with Crippen LogP contribution in [0.15, 0.2) is 0 Å². The monoisotopic (exact) mass is 253 g/mol. The molecule has 0 aromatic carbocycles. The molecule has 0 aromatic heterocycles. The molecule has 1 N–H and O–H groups in total. The molecule has 16 heavy (non-hydrogen) atoms. The van der Waals surface area contributed by atoms with Crippen molar-refractivity contribution in [3.05, 3.63) is 0 Å². The van der Waals surface area contributed by atoms with E-state index in [1.807, 2.05) is 11.8 Å². The van der Waals surface area contributed by atoms with Crippen LogP contribution in [0.2, 0.25) is 0 Å². The summed E-state index contributed by atoms with van der Waals surface area (Å²) in [7, 11) is 0. The van der Waals surface area contributed by atoms with E-state index in [1.54, 1.807) is 0 Å². The predicted octanol–water partition coefficient (Wildman–Crippen LogP) is 3.55. The highest BCUT2D eigenvalue weighted by atomic mass is 32.2. The van der Waals surface area contributed by atoms with Crippen molar-refractivity contribution in [3.63, 3.8) is 0 Å². The van der Waals surface area contributed by atoms with Crippen molar-refractivity contribution in [2.45, 2.75) is 55.3 Å². The maximum atomic E-state index is 12.5. The minimum absolute atomic E-state index is 0.0561. The van der Waals surface area contributed by atoms with Gasteiger partial charge in [0, 0.05) is 5.25 Å². The van der Waals surface area contributed by atoms with Crippen molar-refractivity contribution in [3.8, 4) is 0 Å². The van der Waals surface area contributed by atoms with Gasteiger partial charge < -0.3 is 5.32 Å². The van der Waals surface area contributed by atoms with Gasteiger partial charge in [-0.2, -0.15) is 13.2 Å². The van der Waals surface area contributed by atoms with Gasteiger partial charge in [0.05, 0.1) is 10.8 Å². The smallest absolute Gasteiger partial charge is 0.303 e. The van der Waals surface area contributed by atoms with Crippen molar-refractivity contribution in [1.82, 2.24) is 5.32 Å². The Bertz CT molecular complexity index is 246. The van der Waals surface area contributed by atoms with Crippen LogP contribution in [0.25, 0.3) is 0 Å². The SMILES string of the molecule is CC1CCNC2(CCC(C(F)(F)F)CC2)S1. The van der Waals surface area contributed by atoms with E-state index < -0.39 is 12.1 Å². The molecule has 1 nitrogen and oxygen atoms in total. The lowest BCUT2D eigenvalue weighted by molar-refractivity contribution is -0.183. The molecule has 1 aliphatic heterocycles. The van der Waals surface area contributed by atoms with Crippen LogP contribution in [0.4, 0.5) is 13.2 Å². The zero-order valence-electron chi connectivity index (χ0n) is 9.44. The van der Waals surface area contributed by atoms with Gasteiger partial charge in [0.1, 0.15) is 0 Å². The standard InChI is InChI=1S/C11H18F3NS/c1-8-4-7-15-10(16-8)5-2-9(3-6-10)11(12,13)14/h8-9,15H,2-7H2,1H3. The molecule has 2 fully saturated rings. The highest BCUT2D eigenvalue weighted by Crippen LogP contribution is 2.48. The molecule has 94 valence electrons. The summed E-state index contributed by atoms with van der Waals surface area (Å²) < 4.78 is 37.6. The van der Waals surface area contributed by atoms with Crippen LogP contribution < -0.4 is 5.32 Å². The number of thioether (sulfide) groups is 1. The normalized spacial score (nSPS) is 41.2. The summed E-state index contributed by atoms with van der Waals surface area (Å²) in [6.45, 7) is 3.12. The molecule has 1 atom stereocenters. The maximum Gasteiger partial charge on any atom is 0.391 e. The largest absolute Gasteiger partial charge is 0.391 e. The molecule has 1 spiro atoms. The number of halogens is 3. The van der Waals surface area contributed by atoms with Crippen LogP contribution in [-0.4, -0.2) is 22.8 Å². The zero-order valence-corrected chi connectivity index (χ0v) is 10.3. The van der Waals surface area contributed by atoms with E-state index in [9.17, 15) is 13.2 Å². The molecule has 5 heteroatoms. The van der Waals surface area contributed by atoms with Gasteiger partial charge >= 0.3 is 6.18 Å². The molecule has 1 aliphatic carbocycles. The van der Waals surface area contributed by atoms with E-state index in [0.29, 0.717) is 18.1 Å². The van der Waals surface area contributed by atoms with Crippen molar-refractivity contribution >= 4 is 11.8 Å². The van der Waals surface area contributed by atoms with E-state index in [1.165, 1.54) is 0 Å². The zero-order chi connectivity index (χ0) is 11.8. The Morgan fingerprint density at radius 1 is 1.19 bits per heavy atom. The highest BCUT2D eigenvalue weighted by molar-refractivity contribution is 8.01. The van der Waals surface area contributed by atoms with Gasteiger partial charge in [0.2, 0.25) is 0 Å². The molecule has 1 heterocycles. The van der Waals surface area contributed by atoms with E-state index in [-0.39, 0.29) is 17.7 Å². The summed E-state index contributed by atoms with van der Waals surface area (Å²) in [6, 6.07) is 0. The second-order valence-corrected chi connectivity index (χ2v) is 6.78. The number of hydrogen-bond donors (Lipinski definition) is 1. The Morgan fingerprint density at radius 3 is 2.31 bits per heavy atom. The van der Waals surface area contributed by atoms with Gasteiger partial charge in [-0.05, 0) is 38.6 Å². The predicted molar refractivity (Wildman–Crippen MR) is 60.4 cm³/mol. The van der Waals surface area contributed by atoms with Gasteiger partial charge in [0.25, 0.3) is 0 Å². The summed E-state index contributed by atoms with van der Waals surface area (Å²) in [5.41, 5.74) is 0. The van der Waals surface area contributed by atoms with Gasteiger partial charge in [-0.1, -0.05) is 6.92 Å². The first kappa shape index (κ1) is 12.6. The molecule has 0 bridgehead atoms. The Balaban J connectivity index is 1.93. The summed E-state index contributed by atoms with van der Waals surface area (Å²) in [6.07, 6.45) is -0.980. The number of hydrogen-bond acceptors (Lipinski definition) is 2. The summed E-state index contributed by atoms with van der Waals surface area (Å²) in [4.78, 5) is -0.0561. The second-order valence-electron chi connectivity index (χ2n) is 4.95. The van der Waals surface area contributed by atoms with Gasteiger partial charge in [-0.15, -0.1) is 11.8 Å². The molecular weight excluding hydrogens is 235 g/mol. The summed E-state index contributed by atoms with van der Waals surface area (Å²) in [5.74, 6) is -1.07. The molecule has 1 unspecified atom stereocenters. The topological polar surface area (TPSA) is 12.0 Å². The van der Waals surface area contributed by atoms with Crippen LogP contribution in [0.5, 0.6) is 0 Å². The Hall–Kier alpha value is 0.100. The highest BCUT2D eigenvalue weighted by Gasteiger charge is 2.47. The summed E-state index contributed by atoms with van der Waals surface area (Å²) in [5, 5.41) is 4.01. The van der Waals surface area contributed by atoms with Crippen LogP contribution in [0.3, 0.4) is 0 Å². The quantitative estimate of drug-likeness (QED) is 0.708. The lowest BCUT2D eigenvalue weighted by Crippen LogP contribution is -2.51. The molecule has 1 saturated carbocycles. The number of nitrogens with one attached hydrogen (secondary N) is 1. The minimum atomic E-state index is -3.99. The Labute approximate surface area is 98.5 Å². The molecule has 2 aliphatic rings.